The maximum Gasteiger partial charge on any atom is 0.109 e. The molecule has 1 aliphatic heterocycles. The van der Waals surface area contributed by atoms with Gasteiger partial charge in [-0.2, -0.15) is 0 Å². The van der Waals surface area contributed by atoms with Gasteiger partial charge < -0.3 is 4.84 Å². The molecule has 0 spiro atoms. The van der Waals surface area contributed by atoms with Crippen LogP contribution in [0.3, 0.4) is 0 Å². The van der Waals surface area contributed by atoms with Crippen molar-refractivity contribution in [3.05, 3.63) is 48.2 Å². The van der Waals surface area contributed by atoms with Crippen molar-refractivity contribution in [1.82, 2.24) is 5.06 Å². The molecule has 1 aromatic carbocycles. The normalized spacial score (nSPS) is 22.6. The van der Waals surface area contributed by atoms with E-state index < -0.39 is 0 Å². The molecule has 2 heteroatoms. The van der Waals surface area contributed by atoms with Crippen LogP contribution in [0.1, 0.15) is 11.6 Å². The predicted octanol–water partition coefficient (Wildman–Crippen LogP) is 2.12. The lowest BCUT2D eigenvalue weighted by Gasteiger charge is -2.17. The lowest BCUT2D eigenvalue weighted by Crippen LogP contribution is -2.16. The SMILES string of the molecule is CN1OC=CC1c1ccccc1. The first kappa shape index (κ1) is 7.37. The molecule has 12 heavy (non-hydrogen) atoms. The van der Waals surface area contributed by atoms with E-state index in [2.05, 4.69) is 12.1 Å². The van der Waals surface area contributed by atoms with Gasteiger partial charge in [0.15, 0.2) is 0 Å². The maximum absolute atomic E-state index is 5.17. The Hall–Kier alpha value is -1.28. The van der Waals surface area contributed by atoms with Crippen LogP contribution in [-0.4, -0.2) is 12.1 Å². The molecule has 0 radical (unpaired) electrons. The third kappa shape index (κ3) is 1.21. The Morgan fingerprint density at radius 2 is 2.00 bits per heavy atom. The highest BCUT2D eigenvalue weighted by atomic mass is 16.7. The standard InChI is InChI=1S/C10H11NO/c1-11-10(7-8-12-11)9-5-3-2-4-6-9/h2-8,10H,1H3. The summed E-state index contributed by atoms with van der Waals surface area (Å²) in [6, 6.07) is 10.6. The molecule has 0 saturated heterocycles. The van der Waals surface area contributed by atoms with Crippen molar-refractivity contribution >= 4 is 0 Å². The van der Waals surface area contributed by atoms with E-state index in [0.717, 1.165) is 0 Å². The highest BCUT2D eigenvalue weighted by molar-refractivity contribution is 5.23. The molecule has 0 aromatic heterocycles. The summed E-state index contributed by atoms with van der Waals surface area (Å²) in [5.74, 6) is 0. The van der Waals surface area contributed by atoms with Gasteiger partial charge in [0, 0.05) is 7.05 Å². The summed E-state index contributed by atoms with van der Waals surface area (Å²) >= 11 is 0. The van der Waals surface area contributed by atoms with Crippen LogP contribution >= 0.6 is 0 Å². The number of hydrogen-bond acceptors (Lipinski definition) is 2. The lowest BCUT2D eigenvalue weighted by atomic mass is 10.1. The minimum absolute atomic E-state index is 0.270. The Balaban J connectivity index is 2.25. The Morgan fingerprint density at radius 1 is 1.25 bits per heavy atom. The molecule has 0 aliphatic carbocycles. The van der Waals surface area contributed by atoms with Crippen LogP contribution < -0.4 is 0 Å². The second-order valence-electron chi connectivity index (χ2n) is 2.84. The summed E-state index contributed by atoms with van der Waals surface area (Å²) in [6.07, 6.45) is 3.76. The van der Waals surface area contributed by atoms with Gasteiger partial charge in [-0.3, -0.25) is 0 Å². The minimum Gasteiger partial charge on any atom is -0.413 e. The van der Waals surface area contributed by atoms with E-state index in [0.29, 0.717) is 0 Å². The van der Waals surface area contributed by atoms with E-state index in [4.69, 9.17) is 4.84 Å². The third-order valence-corrected chi connectivity index (χ3v) is 2.02. The molecule has 62 valence electrons. The van der Waals surface area contributed by atoms with Gasteiger partial charge in [-0.05, 0) is 11.6 Å². The first-order chi connectivity index (χ1) is 5.88. The van der Waals surface area contributed by atoms with Gasteiger partial charge in [0.1, 0.15) is 6.26 Å². The van der Waals surface area contributed by atoms with E-state index in [-0.39, 0.29) is 6.04 Å². The van der Waals surface area contributed by atoms with Crippen molar-refractivity contribution in [3.63, 3.8) is 0 Å². The quantitative estimate of drug-likeness (QED) is 0.625. The Bertz CT molecular complexity index is 281. The van der Waals surface area contributed by atoms with Crippen molar-refractivity contribution in [3.8, 4) is 0 Å². The van der Waals surface area contributed by atoms with Gasteiger partial charge in [0.2, 0.25) is 0 Å². The highest BCUT2D eigenvalue weighted by Crippen LogP contribution is 2.24. The summed E-state index contributed by atoms with van der Waals surface area (Å²) in [6.45, 7) is 0. The number of hydroxylamine groups is 2. The van der Waals surface area contributed by atoms with Crippen LogP contribution in [0.15, 0.2) is 42.7 Å². The molecule has 0 amide bonds. The molecule has 0 fully saturated rings. The van der Waals surface area contributed by atoms with E-state index in [9.17, 15) is 0 Å². The molecule has 0 saturated carbocycles. The van der Waals surface area contributed by atoms with E-state index in [1.165, 1.54) is 5.56 Å². The fraction of sp³-hybridized carbons (Fsp3) is 0.200. The van der Waals surface area contributed by atoms with E-state index in [1.807, 2.05) is 36.4 Å². The number of nitrogens with zero attached hydrogens (tertiary/aromatic N) is 1. The molecular weight excluding hydrogens is 150 g/mol. The van der Waals surface area contributed by atoms with Crippen molar-refractivity contribution in [2.45, 2.75) is 6.04 Å². The topological polar surface area (TPSA) is 12.5 Å². The lowest BCUT2D eigenvalue weighted by molar-refractivity contribution is -0.0799. The second kappa shape index (κ2) is 2.99. The molecule has 1 aromatic rings. The predicted molar refractivity (Wildman–Crippen MR) is 47.2 cm³/mol. The number of likely N-dealkylation sites (N-methyl/N-ethyl adjacent to an activating group) is 1. The van der Waals surface area contributed by atoms with Gasteiger partial charge in [-0.15, -0.1) is 5.06 Å². The number of hydrogen-bond donors (Lipinski definition) is 0. The summed E-state index contributed by atoms with van der Waals surface area (Å²) < 4.78 is 0. The largest absolute Gasteiger partial charge is 0.413 e. The zero-order valence-corrected chi connectivity index (χ0v) is 6.97. The maximum atomic E-state index is 5.17. The fourth-order valence-corrected chi connectivity index (χ4v) is 1.36. The molecule has 1 unspecified atom stereocenters. The van der Waals surface area contributed by atoms with Crippen molar-refractivity contribution in [1.29, 1.82) is 0 Å². The molecule has 0 bridgehead atoms. The minimum atomic E-state index is 0.270. The first-order valence-electron chi connectivity index (χ1n) is 3.99. The van der Waals surface area contributed by atoms with Gasteiger partial charge in [0.05, 0.1) is 6.04 Å². The van der Waals surface area contributed by atoms with Gasteiger partial charge >= 0.3 is 0 Å². The first-order valence-corrected chi connectivity index (χ1v) is 3.99. The van der Waals surface area contributed by atoms with Crippen LogP contribution in [0.25, 0.3) is 0 Å². The highest BCUT2D eigenvalue weighted by Gasteiger charge is 2.18. The van der Waals surface area contributed by atoms with Crippen LogP contribution in [0.2, 0.25) is 0 Å². The van der Waals surface area contributed by atoms with Crippen molar-refractivity contribution < 1.29 is 4.84 Å². The Morgan fingerprint density at radius 3 is 2.58 bits per heavy atom. The number of rotatable bonds is 1. The molecule has 1 atom stereocenters. The zero-order chi connectivity index (χ0) is 8.39. The summed E-state index contributed by atoms with van der Waals surface area (Å²) in [4.78, 5) is 5.17. The smallest absolute Gasteiger partial charge is 0.109 e. The van der Waals surface area contributed by atoms with Gasteiger partial charge in [-0.1, -0.05) is 30.3 Å². The molecule has 0 N–H and O–H groups in total. The Kier molecular flexibility index (Phi) is 1.84. The van der Waals surface area contributed by atoms with Crippen molar-refractivity contribution in [2.24, 2.45) is 0 Å². The van der Waals surface area contributed by atoms with Crippen LogP contribution in [-0.2, 0) is 4.84 Å². The second-order valence-corrected chi connectivity index (χ2v) is 2.84. The summed E-state index contributed by atoms with van der Waals surface area (Å²) in [7, 11) is 1.93. The van der Waals surface area contributed by atoms with Crippen molar-refractivity contribution in [2.75, 3.05) is 7.05 Å². The monoisotopic (exact) mass is 161 g/mol. The molecule has 2 nitrogen and oxygen atoms in total. The zero-order valence-electron chi connectivity index (χ0n) is 6.97. The summed E-state index contributed by atoms with van der Waals surface area (Å²) in [5, 5.41) is 1.83. The van der Waals surface area contributed by atoms with Gasteiger partial charge in [0.25, 0.3) is 0 Å². The number of benzene rings is 1. The molecule has 1 heterocycles. The van der Waals surface area contributed by atoms with E-state index in [1.54, 1.807) is 6.26 Å². The van der Waals surface area contributed by atoms with Crippen LogP contribution in [0.5, 0.6) is 0 Å². The summed E-state index contributed by atoms with van der Waals surface area (Å²) in [5.41, 5.74) is 1.26. The average molecular weight is 161 g/mol. The molecule has 2 rings (SSSR count). The van der Waals surface area contributed by atoms with Crippen LogP contribution in [0, 0.1) is 0 Å². The van der Waals surface area contributed by atoms with Gasteiger partial charge in [-0.25, -0.2) is 0 Å². The average Bonchev–Trinajstić information content (AvgIpc) is 2.53. The van der Waals surface area contributed by atoms with E-state index >= 15 is 0 Å². The molecule has 1 aliphatic rings. The van der Waals surface area contributed by atoms with Crippen LogP contribution in [0.4, 0.5) is 0 Å². The molecular formula is C10H11NO. The third-order valence-electron chi connectivity index (χ3n) is 2.02. The Labute approximate surface area is 72.0 Å². The fourth-order valence-electron chi connectivity index (χ4n) is 1.36.